The zero-order chi connectivity index (χ0) is 45.7. The van der Waals surface area contributed by atoms with Crippen LogP contribution in [0, 0.1) is 0 Å². The van der Waals surface area contributed by atoms with Crippen LogP contribution in [0.3, 0.4) is 0 Å². The summed E-state index contributed by atoms with van der Waals surface area (Å²) in [6.07, 6.45) is 7.39. The van der Waals surface area contributed by atoms with Gasteiger partial charge in [-0.05, 0) is 75.0 Å². The highest BCUT2D eigenvalue weighted by molar-refractivity contribution is 6.70. The standard InChI is InChI=1S/C54H28B10N2/c55-42-37-35-25-22-32(28-12-6-2-7-13-28)26-36(35)65(34-23-20-31(21-24-34)30-18-16-29(17-19-30)27-10-4-1-5-11-27)52(37)49(62)44(57)38(42)39-43(56)40-41-46(59)47(60)48(61)51(64)54(41)66(33-14-8-3-9-15-33)53(40)50(63)45(39)58/h1-20,22-26,31H,21H2. The second-order valence-corrected chi connectivity index (χ2v) is 17.0. The van der Waals surface area contributed by atoms with E-state index in [1.54, 1.807) is 0 Å². The smallest absolute Gasteiger partial charge is 0.115 e. The molecule has 8 aromatic carbocycles. The number of fused-ring (bicyclic) bond motifs is 6. The Morgan fingerprint density at radius 2 is 0.864 bits per heavy atom. The van der Waals surface area contributed by atoms with Crippen molar-refractivity contribution in [2.75, 3.05) is 0 Å². The van der Waals surface area contributed by atoms with Gasteiger partial charge >= 0.3 is 0 Å². The van der Waals surface area contributed by atoms with Crippen molar-refractivity contribution in [2.45, 2.75) is 12.3 Å². The number of para-hydroxylation sites is 1. The van der Waals surface area contributed by atoms with E-state index in [0.717, 1.165) is 39.8 Å². The molecule has 0 amide bonds. The minimum Gasteiger partial charge on any atom is -0.311 e. The summed E-state index contributed by atoms with van der Waals surface area (Å²) in [5.41, 5.74) is 12.5. The molecule has 2 aromatic heterocycles. The van der Waals surface area contributed by atoms with Crippen LogP contribution < -0.4 is 54.6 Å². The fraction of sp³-hybridized carbons (Fsp3) is 0.0370. The van der Waals surface area contributed by atoms with Crippen LogP contribution in [0.5, 0.6) is 0 Å². The lowest BCUT2D eigenvalue weighted by atomic mass is 9.62. The fourth-order valence-corrected chi connectivity index (χ4v) is 10.1. The van der Waals surface area contributed by atoms with Crippen LogP contribution in [0.25, 0.3) is 88.4 Å². The Morgan fingerprint density at radius 1 is 0.394 bits per heavy atom. The zero-order valence-corrected chi connectivity index (χ0v) is 35.9. The van der Waals surface area contributed by atoms with Crippen LogP contribution in [-0.2, 0) is 0 Å². The average Bonchev–Trinajstić information content (AvgIpc) is 3.90. The quantitative estimate of drug-likeness (QED) is 0.229. The van der Waals surface area contributed by atoms with Crippen molar-refractivity contribution in [3.05, 3.63) is 157 Å². The van der Waals surface area contributed by atoms with Gasteiger partial charge in [0.2, 0.25) is 0 Å². The van der Waals surface area contributed by atoms with E-state index in [1.807, 2.05) is 59.2 Å². The van der Waals surface area contributed by atoms with E-state index in [4.69, 9.17) is 78.5 Å². The SMILES string of the molecule is [B]c1c([B])c([B])c2c(c1[B])c1c([B])c(-c3c([B])c([B])c4c(c3[B])c3ccc(-c5ccccc5)cc3n4C3=CCC(c4ccc(-c5ccccc5)cc4)C=C3)c([B])c([B])c1n2-c1ccccc1. The molecule has 0 bridgehead atoms. The molecule has 12 heteroatoms. The molecule has 0 saturated heterocycles. The van der Waals surface area contributed by atoms with E-state index in [9.17, 15) is 0 Å². The molecule has 1 aliphatic rings. The second kappa shape index (κ2) is 16.1. The summed E-state index contributed by atoms with van der Waals surface area (Å²) in [7, 11) is 70.1. The predicted octanol–water partition coefficient (Wildman–Crippen LogP) is 2.42. The molecule has 2 heterocycles. The maximum Gasteiger partial charge on any atom is 0.115 e. The number of allylic oxidation sites excluding steroid dienone is 4. The largest absolute Gasteiger partial charge is 0.311 e. The van der Waals surface area contributed by atoms with E-state index in [-0.39, 0.29) is 49.6 Å². The van der Waals surface area contributed by atoms with E-state index in [0.29, 0.717) is 54.8 Å². The Balaban J connectivity index is 1.14. The second-order valence-electron chi connectivity index (χ2n) is 17.0. The lowest BCUT2D eigenvalue weighted by Gasteiger charge is -2.25. The molecule has 20 radical (unpaired) electrons. The summed E-state index contributed by atoms with van der Waals surface area (Å²) < 4.78 is 4.01. The molecule has 11 rings (SSSR count). The highest BCUT2D eigenvalue weighted by Gasteiger charge is 2.28. The molecular weight excluding hydrogens is 785 g/mol. The number of hydrogen-bond donors (Lipinski definition) is 0. The third-order valence-electron chi connectivity index (χ3n) is 13.4. The summed E-state index contributed by atoms with van der Waals surface area (Å²) in [6.45, 7) is 0. The summed E-state index contributed by atoms with van der Waals surface area (Å²) in [5, 5.41) is 2.46. The van der Waals surface area contributed by atoms with Crippen molar-refractivity contribution in [1.29, 1.82) is 0 Å². The highest BCUT2D eigenvalue weighted by Crippen LogP contribution is 2.38. The number of aromatic nitrogens is 2. The first kappa shape index (κ1) is 42.1. The van der Waals surface area contributed by atoms with Gasteiger partial charge in [-0.1, -0.05) is 171 Å². The Kier molecular flexibility index (Phi) is 10.3. The van der Waals surface area contributed by atoms with E-state index >= 15 is 0 Å². The predicted molar refractivity (Wildman–Crippen MR) is 291 cm³/mol. The van der Waals surface area contributed by atoms with Gasteiger partial charge in [-0.3, -0.25) is 0 Å². The number of benzene rings is 8. The first-order valence-electron chi connectivity index (χ1n) is 21.6. The molecule has 66 heavy (non-hydrogen) atoms. The van der Waals surface area contributed by atoms with Crippen molar-refractivity contribution in [2.24, 2.45) is 0 Å². The van der Waals surface area contributed by atoms with E-state index in [2.05, 4.69) is 102 Å². The molecular formula is C54H28B10N2. The maximum absolute atomic E-state index is 7.45. The molecule has 1 atom stereocenters. The number of hydrogen-bond acceptors (Lipinski definition) is 0. The van der Waals surface area contributed by atoms with Gasteiger partial charge in [0, 0.05) is 50.0 Å². The molecule has 0 spiro atoms. The molecule has 10 aromatic rings. The summed E-state index contributed by atoms with van der Waals surface area (Å²) in [6, 6.07) is 45.2. The topological polar surface area (TPSA) is 9.86 Å². The average molecular weight is 813 g/mol. The Morgan fingerprint density at radius 3 is 1.44 bits per heavy atom. The third-order valence-corrected chi connectivity index (χ3v) is 13.4. The summed E-state index contributed by atoms with van der Waals surface area (Å²) >= 11 is 0. The molecule has 0 saturated carbocycles. The third kappa shape index (κ3) is 6.31. The van der Waals surface area contributed by atoms with Crippen molar-refractivity contribution < 1.29 is 0 Å². The first-order valence-corrected chi connectivity index (χ1v) is 21.6. The van der Waals surface area contributed by atoms with Gasteiger partial charge in [0.1, 0.15) is 78.5 Å². The van der Waals surface area contributed by atoms with Gasteiger partial charge in [-0.2, -0.15) is 0 Å². The molecule has 0 N–H and O–H groups in total. The molecule has 0 fully saturated rings. The maximum atomic E-state index is 7.45. The summed E-state index contributed by atoms with van der Waals surface area (Å²) in [5.74, 6) is 0.168. The number of rotatable bonds is 6. The highest BCUT2D eigenvalue weighted by atomic mass is 15.0. The normalized spacial score (nSPS) is 13.9. The number of nitrogens with zero attached hydrogens (tertiary/aromatic N) is 2. The van der Waals surface area contributed by atoms with Crippen molar-refractivity contribution in [1.82, 2.24) is 9.13 Å². The van der Waals surface area contributed by atoms with E-state index < -0.39 is 0 Å². The monoisotopic (exact) mass is 814 g/mol. The Labute approximate surface area is 398 Å². The van der Waals surface area contributed by atoms with Gasteiger partial charge in [-0.25, -0.2) is 0 Å². The van der Waals surface area contributed by atoms with Crippen LogP contribution in [0.15, 0.2) is 152 Å². The summed E-state index contributed by atoms with van der Waals surface area (Å²) in [4.78, 5) is 0. The molecule has 0 aliphatic heterocycles. The first-order chi connectivity index (χ1) is 32.0. The van der Waals surface area contributed by atoms with Crippen LogP contribution in [0.1, 0.15) is 17.9 Å². The Bertz CT molecular complexity index is 3710. The molecule has 284 valence electrons. The minimum absolute atomic E-state index is 0.120. The van der Waals surface area contributed by atoms with Crippen LogP contribution in [0.2, 0.25) is 0 Å². The fourth-order valence-electron chi connectivity index (χ4n) is 10.1. The molecule has 1 aliphatic carbocycles. The lowest BCUT2D eigenvalue weighted by Crippen LogP contribution is -2.48. The molecule has 2 nitrogen and oxygen atoms in total. The van der Waals surface area contributed by atoms with Gasteiger partial charge in [0.05, 0.1) is 5.52 Å². The Hall–Kier alpha value is -6.51. The minimum atomic E-state index is 0.120. The zero-order valence-electron chi connectivity index (χ0n) is 35.9. The van der Waals surface area contributed by atoms with Crippen LogP contribution in [0.4, 0.5) is 0 Å². The van der Waals surface area contributed by atoms with Crippen LogP contribution in [-0.4, -0.2) is 87.6 Å². The lowest BCUT2D eigenvalue weighted by molar-refractivity contribution is 0.850. The molecule has 1 unspecified atom stereocenters. The van der Waals surface area contributed by atoms with Gasteiger partial charge in [0.25, 0.3) is 0 Å². The van der Waals surface area contributed by atoms with Crippen molar-refractivity contribution in [3.63, 3.8) is 0 Å². The van der Waals surface area contributed by atoms with Crippen molar-refractivity contribution in [3.8, 4) is 39.1 Å². The van der Waals surface area contributed by atoms with Gasteiger partial charge in [-0.15, -0.1) is 10.9 Å². The van der Waals surface area contributed by atoms with Gasteiger partial charge < -0.3 is 9.13 Å². The van der Waals surface area contributed by atoms with E-state index in [1.165, 1.54) is 16.7 Å². The van der Waals surface area contributed by atoms with Gasteiger partial charge in [0.15, 0.2) is 0 Å². The van der Waals surface area contributed by atoms with Crippen LogP contribution >= 0.6 is 0 Å². The van der Waals surface area contributed by atoms with Crippen molar-refractivity contribution >= 4 is 182 Å².